The maximum atomic E-state index is 11.6. The van der Waals surface area contributed by atoms with Crippen LogP contribution in [0.5, 0.6) is 11.5 Å². The Bertz CT molecular complexity index is 609. The zero-order valence-corrected chi connectivity index (χ0v) is 12.9. The van der Waals surface area contributed by atoms with Crippen molar-refractivity contribution < 1.29 is 14.3 Å². The molecule has 3 nitrogen and oxygen atoms in total. The number of benzene rings is 2. The Hall–Kier alpha value is -1.81. The van der Waals surface area contributed by atoms with E-state index >= 15 is 0 Å². The molecule has 0 bridgehead atoms. The summed E-state index contributed by atoms with van der Waals surface area (Å²) in [6.07, 6.45) is 0. The molecule has 2 aromatic rings. The Morgan fingerprint density at radius 1 is 1.15 bits per heavy atom. The highest BCUT2D eigenvalue weighted by molar-refractivity contribution is 9.10. The van der Waals surface area contributed by atoms with Gasteiger partial charge in [-0.1, -0.05) is 30.3 Å². The third-order valence-corrected chi connectivity index (χ3v) is 3.53. The van der Waals surface area contributed by atoms with Crippen LogP contribution in [0.3, 0.4) is 0 Å². The lowest BCUT2D eigenvalue weighted by atomic mass is 10.1. The number of ketones is 1. The second-order valence-corrected chi connectivity index (χ2v) is 5.17. The number of halogens is 1. The van der Waals surface area contributed by atoms with Gasteiger partial charge in [0.2, 0.25) is 0 Å². The molecule has 0 saturated carbocycles. The van der Waals surface area contributed by atoms with E-state index in [2.05, 4.69) is 15.9 Å². The summed E-state index contributed by atoms with van der Waals surface area (Å²) in [5.41, 5.74) is 1.63. The second-order valence-electron chi connectivity index (χ2n) is 4.31. The molecule has 0 amide bonds. The van der Waals surface area contributed by atoms with E-state index in [-0.39, 0.29) is 5.78 Å². The zero-order valence-electron chi connectivity index (χ0n) is 11.4. The Labute approximate surface area is 126 Å². The van der Waals surface area contributed by atoms with Gasteiger partial charge in [-0.3, -0.25) is 4.79 Å². The lowest BCUT2D eigenvalue weighted by Crippen LogP contribution is -2.01. The SMILES string of the molecule is COc1cc(Br)c(C(C)=O)cc1OCc1ccccc1. The normalized spacial score (nSPS) is 10.2. The standard InChI is InChI=1S/C16H15BrO3/c1-11(18)13-8-16(15(19-2)9-14(13)17)20-10-12-6-4-3-5-7-12/h3-9H,10H2,1-2H3. The van der Waals surface area contributed by atoms with E-state index in [1.807, 2.05) is 30.3 Å². The largest absolute Gasteiger partial charge is 0.493 e. The third kappa shape index (κ3) is 3.39. The molecule has 0 N–H and O–H groups in total. The van der Waals surface area contributed by atoms with Crippen LogP contribution in [-0.2, 0) is 6.61 Å². The highest BCUT2D eigenvalue weighted by Gasteiger charge is 2.13. The first kappa shape index (κ1) is 14.6. The molecule has 0 aliphatic heterocycles. The number of hydrogen-bond acceptors (Lipinski definition) is 3. The van der Waals surface area contributed by atoms with Crippen molar-refractivity contribution in [3.05, 3.63) is 58.1 Å². The van der Waals surface area contributed by atoms with Gasteiger partial charge in [0.25, 0.3) is 0 Å². The fourth-order valence-electron chi connectivity index (χ4n) is 1.81. The van der Waals surface area contributed by atoms with E-state index in [1.54, 1.807) is 19.2 Å². The lowest BCUT2D eigenvalue weighted by Gasteiger charge is -2.13. The number of ether oxygens (including phenoxy) is 2. The van der Waals surface area contributed by atoms with Gasteiger partial charge < -0.3 is 9.47 Å². The summed E-state index contributed by atoms with van der Waals surface area (Å²) >= 11 is 3.36. The number of carbonyl (C=O) groups is 1. The predicted molar refractivity (Wildman–Crippen MR) is 81.5 cm³/mol. The fraction of sp³-hybridized carbons (Fsp3) is 0.188. The van der Waals surface area contributed by atoms with E-state index in [0.29, 0.717) is 28.1 Å². The van der Waals surface area contributed by atoms with Gasteiger partial charge in [0, 0.05) is 10.0 Å². The Morgan fingerprint density at radius 2 is 1.85 bits per heavy atom. The van der Waals surface area contributed by atoms with Crippen LogP contribution < -0.4 is 9.47 Å². The first-order valence-corrected chi connectivity index (χ1v) is 6.96. The van der Waals surface area contributed by atoms with Gasteiger partial charge in [0.15, 0.2) is 17.3 Å². The monoisotopic (exact) mass is 334 g/mol. The van der Waals surface area contributed by atoms with Crippen molar-refractivity contribution in [1.29, 1.82) is 0 Å². The topological polar surface area (TPSA) is 35.5 Å². The molecule has 4 heteroatoms. The van der Waals surface area contributed by atoms with Gasteiger partial charge in [-0.2, -0.15) is 0 Å². The van der Waals surface area contributed by atoms with Crippen LogP contribution in [0, 0.1) is 0 Å². The molecule has 104 valence electrons. The molecular weight excluding hydrogens is 320 g/mol. The Balaban J connectivity index is 2.25. The maximum Gasteiger partial charge on any atom is 0.162 e. The van der Waals surface area contributed by atoms with Crippen molar-refractivity contribution in [2.24, 2.45) is 0 Å². The number of rotatable bonds is 5. The van der Waals surface area contributed by atoms with Crippen LogP contribution in [0.15, 0.2) is 46.9 Å². The van der Waals surface area contributed by atoms with Gasteiger partial charge in [-0.25, -0.2) is 0 Å². The molecule has 0 radical (unpaired) electrons. The number of Topliss-reactive ketones (excluding diaryl/α,β-unsaturated/α-hetero) is 1. The smallest absolute Gasteiger partial charge is 0.162 e. The summed E-state index contributed by atoms with van der Waals surface area (Å²) in [5, 5.41) is 0. The number of carbonyl (C=O) groups excluding carboxylic acids is 1. The van der Waals surface area contributed by atoms with Gasteiger partial charge >= 0.3 is 0 Å². The van der Waals surface area contributed by atoms with E-state index in [0.717, 1.165) is 5.56 Å². The van der Waals surface area contributed by atoms with Gasteiger partial charge in [-0.05, 0) is 40.5 Å². The van der Waals surface area contributed by atoms with Crippen LogP contribution in [0.1, 0.15) is 22.8 Å². The summed E-state index contributed by atoms with van der Waals surface area (Å²) in [4.78, 5) is 11.6. The van der Waals surface area contributed by atoms with Crippen molar-refractivity contribution in [1.82, 2.24) is 0 Å². The third-order valence-electron chi connectivity index (χ3n) is 2.87. The molecule has 0 atom stereocenters. The Kier molecular flexibility index (Phi) is 4.79. The van der Waals surface area contributed by atoms with Crippen molar-refractivity contribution in [3.8, 4) is 11.5 Å². The summed E-state index contributed by atoms with van der Waals surface area (Å²) in [6, 6.07) is 13.3. The summed E-state index contributed by atoms with van der Waals surface area (Å²) in [5.74, 6) is 1.13. The van der Waals surface area contributed by atoms with Gasteiger partial charge in [0.05, 0.1) is 7.11 Å². The molecule has 0 saturated heterocycles. The highest BCUT2D eigenvalue weighted by Crippen LogP contribution is 2.34. The van der Waals surface area contributed by atoms with E-state index in [1.165, 1.54) is 6.92 Å². The minimum atomic E-state index is -0.0240. The highest BCUT2D eigenvalue weighted by atomic mass is 79.9. The molecular formula is C16H15BrO3. The molecule has 0 aliphatic rings. The molecule has 2 rings (SSSR count). The quantitative estimate of drug-likeness (QED) is 0.767. The molecule has 0 aliphatic carbocycles. The van der Waals surface area contributed by atoms with E-state index in [4.69, 9.17) is 9.47 Å². The molecule has 0 unspecified atom stereocenters. The van der Waals surface area contributed by atoms with Crippen molar-refractivity contribution >= 4 is 21.7 Å². The first-order valence-electron chi connectivity index (χ1n) is 6.17. The first-order chi connectivity index (χ1) is 9.61. The van der Waals surface area contributed by atoms with Gasteiger partial charge in [-0.15, -0.1) is 0 Å². The minimum Gasteiger partial charge on any atom is -0.493 e. The number of methoxy groups -OCH3 is 1. The van der Waals surface area contributed by atoms with Crippen molar-refractivity contribution in [2.75, 3.05) is 7.11 Å². The molecule has 20 heavy (non-hydrogen) atoms. The lowest BCUT2D eigenvalue weighted by molar-refractivity contribution is 0.101. The van der Waals surface area contributed by atoms with Crippen LogP contribution in [0.4, 0.5) is 0 Å². The zero-order chi connectivity index (χ0) is 14.5. The summed E-state index contributed by atoms with van der Waals surface area (Å²) < 4.78 is 11.7. The van der Waals surface area contributed by atoms with E-state index < -0.39 is 0 Å². The van der Waals surface area contributed by atoms with Crippen molar-refractivity contribution in [2.45, 2.75) is 13.5 Å². The minimum absolute atomic E-state index is 0.0240. The molecule has 0 aromatic heterocycles. The van der Waals surface area contributed by atoms with E-state index in [9.17, 15) is 4.79 Å². The van der Waals surface area contributed by atoms with Gasteiger partial charge in [0.1, 0.15) is 6.61 Å². The second kappa shape index (κ2) is 6.57. The van der Waals surface area contributed by atoms with Crippen LogP contribution in [0.25, 0.3) is 0 Å². The average molecular weight is 335 g/mol. The van der Waals surface area contributed by atoms with Crippen molar-refractivity contribution in [3.63, 3.8) is 0 Å². The molecule has 2 aromatic carbocycles. The Morgan fingerprint density at radius 3 is 2.45 bits per heavy atom. The molecule has 0 heterocycles. The van der Waals surface area contributed by atoms with Crippen LogP contribution in [0.2, 0.25) is 0 Å². The summed E-state index contributed by atoms with van der Waals surface area (Å²) in [6.45, 7) is 1.95. The maximum absolute atomic E-state index is 11.6. The molecule has 0 spiro atoms. The average Bonchev–Trinajstić information content (AvgIpc) is 2.46. The number of hydrogen-bond donors (Lipinski definition) is 0. The fourth-order valence-corrected chi connectivity index (χ4v) is 2.41. The van der Waals surface area contributed by atoms with Crippen LogP contribution in [-0.4, -0.2) is 12.9 Å². The summed E-state index contributed by atoms with van der Waals surface area (Å²) in [7, 11) is 1.57. The predicted octanol–water partition coefficient (Wildman–Crippen LogP) is 4.24. The molecule has 0 fully saturated rings. The van der Waals surface area contributed by atoms with Crippen LogP contribution >= 0.6 is 15.9 Å².